The van der Waals surface area contributed by atoms with Crippen molar-refractivity contribution in [3.05, 3.63) is 52.5 Å². The van der Waals surface area contributed by atoms with Gasteiger partial charge in [0.25, 0.3) is 0 Å². The number of urea groups is 1. The lowest BCUT2D eigenvalue weighted by Crippen LogP contribution is -2.28. The van der Waals surface area contributed by atoms with E-state index in [2.05, 4.69) is 26.6 Å². The molecule has 0 bridgehead atoms. The molecular weight excluding hydrogens is 348 g/mol. The van der Waals surface area contributed by atoms with E-state index >= 15 is 0 Å². The zero-order valence-corrected chi connectivity index (χ0v) is 13.9. The summed E-state index contributed by atoms with van der Waals surface area (Å²) in [6.45, 7) is 0.301. The van der Waals surface area contributed by atoms with Gasteiger partial charge in [-0.3, -0.25) is 0 Å². The van der Waals surface area contributed by atoms with Gasteiger partial charge in [0.1, 0.15) is 11.5 Å². The lowest BCUT2D eigenvalue weighted by atomic mass is 10.1. The lowest BCUT2D eigenvalue weighted by molar-refractivity contribution is 0.251. The van der Waals surface area contributed by atoms with Crippen molar-refractivity contribution in [3.63, 3.8) is 0 Å². The van der Waals surface area contributed by atoms with E-state index in [1.54, 1.807) is 14.2 Å². The normalized spacial score (nSPS) is 9.95. The van der Waals surface area contributed by atoms with E-state index in [-0.39, 0.29) is 6.03 Å². The molecule has 0 heterocycles. The summed E-state index contributed by atoms with van der Waals surface area (Å²) in [7, 11) is 3.17. The summed E-state index contributed by atoms with van der Waals surface area (Å²) >= 11 is 3.35. The molecule has 0 aliphatic rings. The van der Waals surface area contributed by atoms with Crippen molar-refractivity contribution in [2.45, 2.75) is 6.54 Å². The van der Waals surface area contributed by atoms with E-state index < -0.39 is 0 Å². The molecule has 0 saturated carbocycles. The van der Waals surface area contributed by atoms with Gasteiger partial charge in [0.05, 0.1) is 26.3 Å². The van der Waals surface area contributed by atoms with Gasteiger partial charge in [0.2, 0.25) is 0 Å². The topological polar surface area (TPSA) is 59.6 Å². The number of ether oxygens (including phenoxy) is 2. The molecule has 116 valence electrons. The number of carbonyl (C=O) groups excluding carboxylic acids is 1. The van der Waals surface area contributed by atoms with Gasteiger partial charge >= 0.3 is 6.03 Å². The Bertz CT molecular complexity index is 622. The van der Waals surface area contributed by atoms with Crippen LogP contribution in [0.4, 0.5) is 10.5 Å². The van der Waals surface area contributed by atoms with Crippen LogP contribution in [0.3, 0.4) is 0 Å². The van der Waals surface area contributed by atoms with Crippen molar-refractivity contribution in [2.75, 3.05) is 19.5 Å². The molecule has 0 radical (unpaired) electrons. The van der Waals surface area contributed by atoms with Gasteiger partial charge in [-0.05, 0) is 36.4 Å². The average Bonchev–Trinajstić information content (AvgIpc) is 2.54. The Balaban J connectivity index is 2.00. The maximum Gasteiger partial charge on any atom is 0.319 e. The third kappa shape index (κ3) is 4.14. The first-order valence-electron chi connectivity index (χ1n) is 6.64. The lowest BCUT2D eigenvalue weighted by Gasteiger charge is -2.14. The maximum atomic E-state index is 12.0. The van der Waals surface area contributed by atoms with Crippen LogP contribution in [0, 0.1) is 0 Å². The number of benzene rings is 2. The number of hydrogen-bond donors (Lipinski definition) is 2. The molecule has 0 aliphatic carbocycles. The van der Waals surface area contributed by atoms with Crippen molar-refractivity contribution in [1.29, 1.82) is 0 Å². The Hall–Kier alpha value is -2.21. The van der Waals surface area contributed by atoms with E-state index in [4.69, 9.17) is 9.47 Å². The molecule has 2 rings (SSSR count). The summed E-state index contributed by atoms with van der Waals surface area (Å²) in [5.74, 6) is 1.34. The van der Waals surface area contributed by atoms with E-state index in [1.807, 2.05) is 42.5 Å². The maximum absolute atomic E-state index is 12.0. The third-order valence-electron chi connectivity index (χ3n) is 3.06. The van der Waals surface area contributed by atoms with Gasteiger partial charge in [0.15, 0.2) is 0 Å². The van der Waals surface area contributed by atoms with Crippen molar-refractivity contribution >= 4 is 27.6 Å². The fourth-order valence-corrected chi connectivity index (χ4v) is 2.24. The summed E-state index contributed by atoms with van der Waals surface area (Å²) in [5, 5.41) is 5.55. The molecule has 0 saturated heterocycles. The van der Waals surface area contributed by atoms with Crippen LogP contribution in [0.2, 0.25) is 0 Å². The standard InChI is InChI=1S/C16H17BrN2O3/c1-21-14-4-3-5-15(22-2)13(14)10-18-16(20)19-12-8-6-11(17)7-9-12/h3-9H,10H2,1-2H3,(H2,18,19,20). The van der Waals surface area contributed by atoms with Crippen LogP contribution < -0.4 is 20.1 Å². The Morgan fingerprint density at radius 1 is 1.05 bits per heavy atom. The number of carbonyl (C=O) groups is 1. The SMILES string of the molecule is COc1cccc(OC)c1CNC(=O)Nc1ccc(Br)cc1. The predicted molar refractivity (Wildman–Crippen MR) is 89.5 cm³/mol. The molecule has 0 spiro atoms. The van der Waals surface area contributed by atoms with Crippen LogP contribution in [-0.2, 0) is 6.54 Å². The van der Waals surface area contributed by atoms with Crippen molar-refractivity contribution in [3.8, 4) is 11.5 Å². The van der Waals surface area contributed by atoms with E-state index in [9.17, 15) is 4.79 Å². The molecule has 0 atom stereocenters. The van der Waals surface area contributed by atoms with Gasteiger partial charge in [-0.2, -0.15) is 0 Å². The first kappa shape index (κ1) is 16.2. The Kier molecular flexibility index (Phi) is 5.66. The zero-order chi connectivity index (χ0) is 15.9. The summed E-state index contributed by atoms with van der Waals surface area (Å²) in [4.78, 5) is 12.0. The highest BCUT2D eigenvalue weighted by Gasteiger charge is 2.11. The molecule has 0 fully saturated rings. The van der Waals surface area contributed by atoms with Gasteiger partial charge in [-0.25, -0.2) is 4.79 Å². The Morgan fingerprint density at radius 2 is 1.64 bits per heavy atom. The molecule has 2 amide bonds. The molecule has 0 aromatic heterocycles. The Morgan fingerprint density at radius 3 is 2.18 bits per heavy atom. The predicted octanol–water partition coefficient (Wildman–Crippen LogP) is 3.79. The summed E-state index contributed by atoms with van der Waals surface area (Å²) in [5.41, 5.74) is 1.51. The van der Waals surface area contributed by atoms with E-state index in [0.29, 0.717) is 23.7 Å². The van der Waals surface area contributed by atoms with E-state index in [0.717, 1.165) is 10.0 Å². The van der Waals surface area contributed by atoms with Crippen LogP contribution in [0.25, 0.3) is 0 Å². The largest absolute Gasteiger partial charge is 0.496 e. The summed E-state index contributed by atoms with van der Waals surface area (Å²) < 4.78 is 11.5. The minimum Gasteiger partial charge on any atom is -0.496 e. The van der Waals surface area contributed by atoms with Gasteiger partial charge in [-0.15, -0.1) is 0 Å². The van der Waals surface area contributed by atoms with Crippen molar-refractivity contribution in [2.24, 2.45) is 0 Å². The number of methoxy groups -OCH3 is 2. The highest BCUT2D eigenvalue weighted by Crippen LogP contribution is 2.27. The first-order chi connectivity index (χ1) is 10.6. The number of nitrogens with one attached hydrogen (secondary N) is 2. The quantitative estimate of drug-likeness (QED) is 0.848. The number of amides is 2. The third-order valence-corrected chi connectivity index (χ3v) is 3.59. The van der Waals surface area contributed by atoms with E-state index in [1.165, 1.54) is 0 Å². The zero-order valence-electron chi connectivity index (χ0n) is 12.4. The molecule has 2 aromatic rings. The Labute approximate surface area is 137 Å². The molecule has 0 aliphatic heterocycles. The summed E-state index contributed by atoms with van der Waals surface area (Å²) in [6.07, 6.45) is 0. The fourth-order valence-electron chi connectivity index (χ4n) is 1.98. The second-order valence-electron chi connectivity index (χ2n) is 4.46. The highest BCUT2D eigenvalue weighted by atomic mass is 79.9. The van der Waals surface area contributed by atoms with Crippen LogP contribution in [0.5, 0.6) is 11.5 Å². The summed E-state index contributed by atoms with van der Waals surface area (Å²) in [6, 6.07) is 12.5. The van der Waals surface area contributed by atoms with Crippen LogP contribution in [0.1, 0.15) is 5.56 Å². The number of halogens is 1. The molecular formula is C16H17BrN2O3. The van der Waals surface area contributed by atoms with Gasteiger partial charge in [-0.1, -0.05) is 22.0 Å². The van der Waals surface area contributed by atoms with Crippen molar-refractivity contribution in [1.82, 2.24) is 5.32 Å². The molecule has 2 aromatic carbocycles. The van der Waals surface area contributed by atoms with Crippen LogP contribution in [-0.4, -0.2) is 20.3 Å². The second kappa shape index (κ2) is 7.70. The molecule has 5 nitrogen and oxygen atoms in total. The van der Waals surface area contributed by atoms with Crippen LogP contribution in [0.15, 0.2) is 46.9 Å². The van der Waals surface area contributed by atoms with Crippen LogP contribution >= 0.6 is 15.9 Å². The number of rotatable bonds is 5. The molecule has 0 unspecified atom stereocenters. The highest BCUT2D eigenvalue weighted by molar-refractivity contribution is 9.10. The molecule has 22 heavy (non-hydrogen) atoms. The fraction of sp³-hybridized carbons (Fsp3) is 0.188. The minimum absolute atomic E-state index is 0.296. The monoisotopic (exact) mass is 364 g/mol. The minimum atomic E-state index is -0.296. The smallest absolute Gasteiger partial charge is 0.319 e. The average molecular weight is 365 g/mol. The number of anilines is 1. The van der Waals surface area contributed by atoms with Crippen molar-refractivity contribution < 1.29 is 14.3 Å². The number of hydrogen-bond acceptors (Lipinski definition) is 3. The molecule has 2 N–H and O–H groups in total. The second-order valence-corrected chi connectivity index (χ2v) is 5.37. The van der Waals surface area contributed by atoms with Gasteiger partial charge < -0.3 is 20.1 Å². The first-order valence-corrected chi connectivity index (χ1v) is 7.43. The molecule has 6 heteroatoms. The van der Waals surface area contributed by atoms with Gasteiger partial charge in [0, 0.05) is 10.2 Å².